The zero-order chi connectivity index (χ0) is 15.2. The normalized spacial score (nSPS) is 20.6. The summed E-state index contributed by atoms with van der Waals surface area (Å²) in [6, 6.07) is 0.967. The first-order valence-corrected chi connectivity index (χ1v) is 3.47. The van der Waals surface area contributed by atoms with Gasteiger partial charge in [-0.3, -0.25) is 0 Å². The Morgan fingerprint density at radius 2 is 1.62 bits per heavy atom. The average Bonchev–Trinajstić information content (AvgIpc) is 2.11. The van der Waals surface area contributed by atoms with E-state index in [0.29, 0.717) is 12.1 Å². The average molecular weight is 194 g/mol. The SMILES string of the molecule is [2H]C([2H])([2H])c1cc(C(F)(F)F)cc(C([2H])([2H])[2H])c1C. The Balaban J connectivity index is 3.68. The monoisotopic (exact) mass is 194 g/mol. The van der Waals surface area contributed by atoms with E-state index in [0.717, 1.165) is 0 Å². The molecular formula is C10H11F3. The molecule has 0 saturated carbocycles. The number of hydrogen-bond donors (Lipinski definition) is 0. The highest BCUT2D eigenvalue weighted by Crippen LogP contribution is 2.31. The van der Waals surface area contributed by atoms with Crippen LogP contribution < -0.4 is 0 Å². The van der Waals surface area contributed by atoms with E-state index in [4.69, 9.17) is 8.22 Å². The molecule has 1 aromatic rings. The highest BCUT2D eigenvalue weighted by Gasteiger charge is 2.30. The smallest absolute Gasteiger partial charge is 0.166 e. The van der Waals surface area contributed by atoms with Crippen LogP contribution >= 0.6 is 0 Å². The molecule has 3 heteroatoms. The molecule has 0 atom stereocenters. The van der Waals surface area contributed by atoms with Crippen molar-refractivity contribution in [1.29, 1.82) is 0 Å². The van der Waals surface area contributed by atoms with Crippen LogP contribution in [0.2, 0.25) is 0 Å². The fourth-order valence-electron chi connectivity index (χ4n) is 0.878. The summed E-state index contributed by atoms with van der Waals surface area (Å²) in [4.78, 5) is 0. The van der Waals surface area contributed by atoms with Gasteiger partial charge >= 0.3 is 6.18 Å². The summed E-state index contributed by atoms with van der Waals surface area (Å²) in [6.07, 6.45) is -4.80. The molecule has 13 heavy (non-hydrogen) atoms. The molecule has 0 aliphatic carbocycles. The second-order valence-electron chi connectivity index (χ2n) is 2.69. The Kier molecular flexibility index (Phi) is 1.05. The predicted octanol–water partition coefficient (Wildman–Crippen LogP) is 3.63. The Labute approximate surface area is 83.8 Å². The van der Waals surface area contributed by atoms with Gasteiger partial charge in [-0.1, -0.05) is 0 Å². The molecule has 0 N–H and O–H groups in total. The summed E-state index contributed by atoms with van der Waals surface area (Å²) >= 11 is 0. The number of benzene rings is 1. The molecule has 0 spiro atoms. The zero-order valence-electron chi connectivity index (χ0n) is 12.8. The van der Waals surface area contributed by atoms with Crippen LogP contribution in [-0.2, 0) is 6.18 Å². The number of alkyl halides is 3. The van der Waals surface area contributed by atoms with E-state index >= 15 is 0 Å². The quantitative estimate of drug-likeness (QED) is 0.591. The molecule has 0 radical (unpaired) electrons. The minimum atomic E-state index is -4.80. The van der Waals surface area contributed by atoms with Gasteiger partial charge in [-0.05, 0) is 49.5 Å². The van der Waals surface area contributed by atoms with E-state index in [9.17, 15) is 13.2 Å². The lowest BCUT2D eigenvalue weighted by Gasteiger charge is -2.11. The van der Waals surface area contributed by atoms with Crippen LogP contribution in [0.4, 0.5) is 13.2 Å². The first kappa shape index (κ1) is 4.49. The van der Waals surface area contributed by atoms with Crippen LogP contribution in [0, 0.1) is 20.6 Å². The molecule has 0 fully saturated rings. The molecule has 0 nitrogen and oxygen atoms in total. The summed E-state index contributed by atoms with van der Waals surface area (Å²) in [6.45, 7) is -4.40. The molecular weight excluding hydrogens is 177 g/mol. The highest BCUT2D eigenvalue weighted by molar-refractivity contribution is 5.37. The Bertz CT molecular complexity index is 449. The lowest BCUT2D eigenvalue weighted by molar-refractivity contribution is -0.137. The predicted molar refractivity (Wildman–Crippen MR) is 45.7 cm³/mol. The molecule has 0 saturated heterocycles. The Hall–Kier alpha value is -0.990. The van der Waals surface area contributed by atoms with Crippen molar-refractivity contribution in [2.24, 2.45) is 0 Å². The molecule has 1 rings (SSSR count). The van der Waals surface area contributed by atoms with Crippen molar-refractivity contribution >= 4 is 0 Å². The first-order chi connectivity index (χ1) is 8.24. The van der Waals surface area contributed by atoms with Crippen LogP contribution in [-0.4, -0.2) is 0 Å². The summed E-state index contributed by atoms with van der Waals surface area (Å²) in [7, 11) is 0. The molecule has 1 aromatic carbocycles. The molecule has 0 unspecified atom stereocenters. The van der Waals surface area contributed by atoms with Crippen molar-refractivity contribution in [1.82, 2.24) is 0 Å². The number of halogens is 3. The van der Waals surface area contributed by atoms with Gasteiger partial charge < -0.3 is 0 Å². The number of hydrogen-bond acceptors (Lipinski definition) is 0. The minimum Gasteiger partial charge on any atom is -0.166 e. The van der Waals surface area contributed by atoms with Gasteiger partial charge in [0.25, 0.3) is 0 Å². The summed E-state index contributed by atoms with van der Waals surface area (Å²) in [5, 5.41) is 0. The summed E-state index contributed by atoms with van der Waals surface area (Å²) < 4.78 is 81.3. The van der Waals surface area contributed by atoms with Gasteiger partial charge in [0.2, 0.25) is 0 Å². The molecule has 0 bridgehead atoms. The molecule has 0 aromatic heterocycles. The lowest BCUT2D eigenvalue weighted by Crippen LogP contribution is -2.06. The van der Waals surface area contributed by atoms with Gasteiger partial charge in [0.1, 0.15) is 0 Å². The maximum atomic E-state index is 12.7. The third kappa shape index (κ3) is 2.02. The highest BCUT2D eigenvalue weighted by atomic mass is 19.4. The fraction of sp³-hybridized carbons (Fsp3) is 0.400. The van der Waals surface area contributed by atoms with Crippen LogP contribution in [0.5, 0.6) is 0 Å². The van der Waals surface area contributed by atoms with Gasteiger partial charge in [-0.2, -0.15) is 13.2 Å². The van der Waals surface area contributed by atoms with Crippen LogP contribution in [0.1, 0.15) is 30.5 Å². The van der Waals surface area contributed by atoms with Crippen molar-refractivity contribution in [3.8, 4) is 0 Å². The maximum absolute atomic E-state index is 12.7. The van der Waals surface area contributed by atoms with E-state index in [1.165, 1.54) is 6.92 Å². The standard InChI is InChI=1S/C10H11F3/c1-6-4-9(10(11,12)13)5-7(2)8(6)3/h4-5H,1-3H3/i1D3,2D3. The second-order valence-corrected chi connectivity index (χ2v) is 2.69. The third-order valence-electron chi connectivity index (χ3n) is 1.74. The van der Waals surface area contributed by atoms with Crippen LogP contribution in [0.25, 0.3) is 0 Å². The molecule has 0 heterocycles. The van der Waals surface area contributed by atoms with E-state index in [1.807, 2.05) is 0 Å². The van der Waals surface area contributed by atoms with Crippen molar-refractivity contribution in [3.05, 3.63) is 34.4 Å². The number of rotatable bonds is 0. The Morgan fingerprint density at radius 1 is 1.15 bits per heavy atom. The third-order valence-corrected chi connectivity index (χ3v) is 1.74. The minimum absolute atomic E-state index is 0.159. The van der Waals surface area contributed by atoms with E-state index in [1.54, 1.807) is 0 Å². The van der Waals surface area contributed by atoms with E-state index < -0.39 is 36.6 Å². The zero-order valence-corrected chi connectivity index (χ0v) is 6.79. The van der Waals surface area contributed by atoms with E-state index in [-0.39, 0.29) is 5.56 Å². The van der Waals surface area contributed by atoms with Crippen molar-refractivity contribution in [3.63, 3.8) is 0 Å². The van der Waals surface area contributed by atoms with Gasteiger partial charge in [-0.15, -0.1) is 0 Å². The topological polar surface area (TPSA) is 0 Å². The maximum Gasteiger partial charge on any atom is 0.416 e. The molecule has 0 aliphatic rings. The lowest BCUT2D eigenvalue weighted by atomic mass is 10.0. The van der Waals surface area contributed by atoms with Gasteiger partial charge in [-0.25, -0.2) is 0 Å². The second kappa shape index (κ2) is 3.05. The first-order valence-electron chi connectivity index (χ1n) is 6.47. The van der Waals surface area contributed by atoms with Gasteiger partial charge in [0.15, 0.2) is 0 Å². The summed E-state index contributed by atoms with van der Waals surface area (Å²) in [5.41, 5.74) is -2.61. The van der Waals surface area contributed by atoms with Gasteiger partial charge in [0, 0.05) is 8.22 Å². The van der Waals surface area contributed by atoms with Crippen molar-refractivity contribution in [2.75, 3.05) is 0 Å². The Morgan fingerprint density at radius 3 is 1.92 bits per heavy atom. The van der Waals surface area contributed by atoms with Gasteiger partial charge in [0.05, 0.1) is 5.56 Å². The van der Waals surface area contributed by atoms with Crippen molar-refractivity contribution in [2.45, 2.75) is 26.8 Å². The van der Waals surface area contributed by atoms with Crippen molar-refractivity contribution < 1.29 is 21.4 Å². The molecule has 0 aliphatic heterocycles. The molecule has 72 valence electrons. The summed E-state index contributed by atoms with van der Waals surface area (Å²) in [5.74, 6) is 0. The largest absolute Gasteiger partial charge is 0.416 e. The molecule has 0 amide bonds. The number of aryl methyl sites for hydroxylation is 2. The van der Waals surface area contributed by atoms with Crippen LogP contribution in [0.15, 0.2) is 12.1 Å². The van der Waals surface area contributed by atoms with Crippen LogP contribution in [0.3, 0.4) is 0 Å². The van der Waals surface area contributed by atoms with E-state index in [2.05, 4.69) is 0 Å². The fourth-order valence-corrected chi connectivity index (χ4v) is 0.878.